The van der Waals surface area contributed by atoms with E-state index in [1.165, 1.54) is 6.42 Å². The van der Waals surface area contributed by atoms with Crippen molar-refractivity contribution in [2.75, 3.05) is 12.4 Å². The number of aromatic nitrogens is 1. The molecule has 1 aromatic heterocycles. The molecule has 3 N–H and O–H groups in total. The number of benzene rings is 1. The molecule has 4 nitrogen and oxygen atoms in total. The number of hydrogen-bond acceptors (Lipinski definition) is 4. The molecule has 5 heteroatoms. The summed E-state index contributed by atoms with van der Waals surface area (Å²) in [6.45, 7) is 0. The minimum absolute atomic E-state index is 0.233. The van der Waals surface area contributed by atoms with Gasteiger partial charge in [0.1, 0.15) is 4.99 Å². The molecule has 0 saturated heterocycles. The van der Waals surface area contributed by atoms with Crippen LogP contribution in [0.2, 0.25) is 0 Å². The van der Waals surface area contributed by atoms with Crippen molar-refractivity contribution in [2.45, 2.75) is 31.4 Å². The number of pyridine rings is 1. The lowest BCUT2D eigenvalue weighted by atomic mass is 10.1. The van der Waals surface area contributed by atoms with E-state index in [-0.39, 0.29) is 12.1 Å². The van der Waals surface area contributed by atoms with Crippen molar-refractivity contribution < 1.29 is 4.74 Å². The SMILES string of the molecule is COC1CCCC1Nc1c(C(N)=S)cnc2ccccc12. The maximum atomic E-state index is 5.87. The third kappa shape index (κ3) is 2.71. The molecule has 21 heavy (non-hydrogen) atoms. The third-order valence-electron chi connectivity index (χ3n) is 4.13. The molecule has 0 radical (unpaired) electrons. The molecule has 2 unspecified atom stereocenters. The highest BCUT2D eigenvalue weighted by atomic mass is 32.1. The molecule has 1 aliphatic carbocycles. The first-order chi connectivity index (χ1) is 10.2. The highest BCUT2D eigenvalue weighted by molar-refractivity contribution is 7.80. The average Bonchev–Trinajstić information content (AvgIpc) is 2.94. The Labute approximate surface area is 129 Å². The molecule has 0 amide bonds. The first-order valence-corrected chi connectivity index (χ1v) is 7.58. The minimum Gasteiger partial charge on any atom is -0.389 e. The van der Waals surface area contributed by atoms with Crippen molar-refractivity contribution >= 4 is 33.8 Å². The molecule has 2 atom stereocenters. The number of fused-ring (bicyclic) bond motifs is 1. The summed E-state index contributed by atoms with van der Waals surface area (Å²) in [6, 6.07) is 8.30. The van der Waals surface area contributed by atoms with Crippen LogP contribution in [0.25, 0.3) is 10.9 Å². The topological polar surface area (TPSA) is 60.2 Å². The summed E-state index contributed by atoms with van der Waals surface area (Å²) in [5.41, 5.74) is 8.58. The molecule has 2 aromatic rings. The maximum absolute atomic E-state index is 5.87. The molecule has 1 aliphatic rings. The predicted octanol–water partition coefficient (Wildman–Crippen LogP) is 2.85. The van der Waals surface area contributed by atoms with Crippen molar-refractivity contribution in [1.29, 1.82) is 0 Å². The lowest BCUT2D eigenvalue weighted by molar-refractivity contribution is 0.101. The van der Waals surface area contributed by atoms with Crippen LogP contribution in [0.5, 0.6) is 0 Å². The van der Waals surface area contributed by atoms with Gasteiger partial charge in [-0.25, -0.2) is 0 Å². The van der Waals surface area contributed by atoms with Crippen molar-refractivity contribution in [3.05, 3.63) is 36.0 Å². The van der Waals surface area contributed by atoms with Crippen LogP contribution in [0.3, 0.4) is 0 Å². The fourth-order valence-electron chi connectivity index (χ4n) is 3.04. The van der Waals surface area contributed by atoms with Gasteiger partial charge in [0.05, 0.1) is 28.9 Å². The number of nitrogens with one attached hydrogen (secondary N) is 1. The number of thiocarbonyl (C=S) groups is 1. The van der Waals surface area contributed by atoms with E-state index in [2.05, 4.69) is 10.3 Å². The Balaban J connectivity index is 2.06. The maximum Gasteiger partial charge on any atom is 0.107 e. The van der Waals surface area contributed by atoms with Crippen LogP contribution in [0.1, 0.15) is 24.8 Å². The van der Waals surface area contributed by atoms with Crippen LogP contribution in [-0.4, -0.2) is 29.2 Å². The van der Waals surface area contributed by atoms with Crippen molar-refractivity contribution in [2.24, 2.45) is 5.73 Å². The highest BCUT2D eigenvalue weighted by Gasteiger charge is 2.28. The summed E-state index contributed by atoms with van der Waals surface area (Å²) in [7, 11) is 1.77. The second kappa shape index (κ2) is 5.95. The average molecular weight is 301 g/mol. The Morgan fingerprint density at radius 1 is 1.38 bits per heavy atom. The van der Waals surface area contributed by atoms with Gasteiger partial charge < -0.3 is 15.8 Å². The van der Waals surface area contributed by atoms with Crippen LogP contribution in [0.15, 0.2) is 30.5 Å². The minimum atomic E-state index is 0.233. The Morgan fingerprint density at radius 3 is 2.95 bits per heavy atom. The fourth-order valence-corrected chi connectivity index (χ4v) is 3.20. The van der Waals surface area contributed by atoms with Gasteiger partial charge in [-0.15, -0.1) is 0 Å². The van der Waals surface area contributed by atoms with E-state index in [9.17, 15) is 0 Å². The van der Waals surface area contributed by atoms with Gasteiger partial charge in [0.15, 0.2) is 0 Å². The van der Waals surface area contributed by atoms with E-state index >= 15 is 0 Å². The van der Waals surface area contributed by atoms with E-state index in [0.29, 0.717) is 4.99 Å². The van der Waals surface area contributed by atoms with Gasteiger partial charge in [0.2, 0.25) is 0 Å². The lowest BCUT2D eigenvalue weighted by Gasteiger charge is -2.23. The third-order valence-corrected chi connectivity index (χ3v) is 4.35. The molecule has 0 spiro atoms. The number of hydrogen-bond donors (Lipinski definition) is 2. The second-order valence-corrected chi connectivity index (χ2v) is 5.82. The first kappa shape index (κ1) is 14.2. The Morgan fingerprint density at radius 2 is 2.19 bits per heavy atom. The van der Waals surface area contributed by atoms with Crippen LogP contribution < -0.4 is 11.1 Å². The monoisotopic (exact) mass is 301 g/mol. The number of para-hydroxylation sites is 1. The van der Waals surface area contributed by atoms with Crippen molar-refractivity contribution in [3.63, 3.8) is 0 Å². The van der Waals surface area contributed by atoms with Gasteiger partial charge in [-0.1, -0.05) is 30.4 Å². The summed E-state index contributed by atoms with van der Waals surface area (Å²) < 4.78 is 5.57. The van der Waals surface area contributed by atoms with E-state index < -0.39 is 0 Å². The van der Waals surface area contributed by atoms with Crippen LogP contribution in [-0.2, 0) is 4.74 Å². The van der Waals surface area contributed by atoms with E-state index in [4.69, 9.17) is 22.7 Å². The summed E-state index contributed by atoms with van der Waals surface area (Å²) >= 11 is 5.18. The summed E-state index contributed by atoms with van der Waals surface area (Å²) in [6.07, 6.45) is 5.33. The zero-order valence-electron chi connectivity index (χ0n) is 12.0. The molecule has 1 heterocycles. The number of nitrogens with two attached hydrogens (primary N) is 1. The number of anilines is 1. The predicted molar refractivity (Wildman–Crippen MR) is 89.7 cm³/mol. The van der Waals surface area contributed by atoms with Crippen molar-refractivity contribution in [3.8, 4) is 0 Å². The fraction of sp³-hybridized carbons (Fsp3) is 0.375. The molecule has 1 fully saturated rings. The molecule has 0 aliphatic heterocycles. The molecule has 1 saturated carbocycles. The standard InChI is InChI=1S/C16H19N3OS/c1-20-14-8-4-7-13(14)19-15-10-5-2-3-6-12(10)18-9-11(15)16(17)21/h2-3,5-6,9,13-14H,4,7-8H2,1H3,(H2,17,21)(H,18,19). The largest absolute Gasteiger partial charge is 0.389 e. The van der Waals surface area contributed by atoms with Gasteiger partial charge >= 0.3 is 0 Å². The zero-order valence-corrected chi connectivity index (χ0v) is 12.8. The first-order valence-electron chi connectivity index (χ1n) is 7.17. The molecule has 110 valence electrons. The highest BCUT2D eigenvalue weighted by Crippen LogP contribution is 2.31. The summed E-state index contributed by atoms with van der Waals surface area (Å²) in [4.78, 5) is 4.80. The Kier molecular flexibility index (Phi) is 4.03. The number of methoxy groups -OCH3 is 1. The normalized spacial score (nSPS) is 21.6. The van der Waals surface area contributed by atoms with E-state index in [1.807, 2.05) is 24.3 Å². The Bertz CT molecular complexity index is 674. The van der Waals surface area contributed by atoms with E-state index in [1.54, 1.807) is 13.3 Å². The van der Waals surface area contributed by atoms with Crippen molar-refractivity contribution in [1.82, 2.24) is 4.98 Å². The van der Waals surface area contributed by atoms with Crippen LogP contribution in [0.4, 0.5) is 5.69 Å². The molecular weight excluding hydrogens is 282 g/mol. The van der Waals surface area contributed by atoms with Crippen LogP contribution >= 0.6 is 12.2 Å². The molecule has 0 bridgehead atoms. The quantitative estimate of drug-likeness (QED) is 0.850. The van der Waals surface area contributed by atoms with Gasteiger partial charge in [-0.3, -0.25) is 4.98 Å². The molecular formula is C16H19N3OS. The summed E-state index contributed by atoms with van der Waals surface area (Å²) in [5, 5.41) is 4.65. The Hall–Kier alpha value is -1.72. The summed E-state index contributed by atoms with van der Waals surface area (Å²) in [5.74, 6) is 0. The molecule has 1 aromatic carbocycles. The van der Waals surface area contributed by atoms with Crippen LogP contribution in [0, 0.1) is 0 Å². The smallest absolute Gasteiger partial charge is 0.107 e. The number of rotatable bonds is 4. The lowest BCUT2D eigenvalue weighted by Crippen LogP contribution is -2.31. The van der Waals surface area contributed by atoms with Gasteiger partial charge in [-0.2, -0.15) is 0 Å². The zero-order chi connectivity index (χ0) is 14.8. The van der Waals surface area contributed by atoms with Gasteiger partial charge in [0.25, 0.3) is 0 Å². The number of nitrogens with zero attached hydrogens (tertiary/aromatic N) is 1. The molecule has 3 rings (SSSR count). The van der Waals surface area contributed by atoms with Gasteiger partial charge in [0, 0.05) is 18.7 Å². The van der Waals surface area contributed by atoms with E-state index in [0.717, 1.165) is 35.0 Å². The van der Waals surface area contributed by atoms with Gasteiger partial charge in [-0.05, 0) is 25.3 Å². The number of ether oxygens (including phenoxy) is 1. The second-order valence-electron chi connectivity index (χ2n) is 5.38.